The predicted octanol–water partition coefficient (Wildman–Crippen LogP) is 6.48. The van der Waals surface area contributed by atoms with E-state index in [1.165, 1.54) is 33.6 Å². The van der Waals surface area contributed by atoms with E-state index < -0.39 is 0 Å². The molecule has 1 saturated heterocycles. The molecule has 0 saturated carbocycles. The molecule has 2 aliphatic rings. The van der Waals surface area contributed by atoms with Crippen LogP contribution < -0.4 is 9.47 Å². The Labute approximate surface area is 255 Å². The van der Waals surface area contributed by atoms with E-state index in [4.69, 9.17) is 19.3 Å². The van der Waals surface area contributed by atoms with E-state index in [9.17, 15) is 4.79 Å². The molecule has 0 N–H and O–H groups in total. The number of fused-ring (bicyclic) bond motifs is 3. The van der Waals surface area contributed by atoms with Crippen LogP contribution in [0.15, 0.2) is 78.9 Å². The second kappa shape index (κ2) is 11.8. The highest BCUT2D eigenvalue weighted by atomic mass is 32.1. The van der Waals surface area contributed by atoms with Gasteiger partial charge in [-0.15, -0.1) is 11.3 Å². The zero-order chi connectivity index (χ0) is 29.3. The number of thiophene rings is 1. The standard InChI is InChI=1S/C35H33N3O4S/c1-40-27-8-4-24(5-9-27)34(25-6-10-28(41-2)11-7-25)38-35-30-13-3-23(21-37-15-17-42-18-16-37)19-26(30)20-31(35)33(36-38)32-14-12-29(22-39)43-32/h3-14,19,22,34H,15-18,20-21H2,1-2H3. The molecule has 0 atom stereocenters. The molecule has 0 unspecified atom stereocenters. The van der Waals surface area contributed by atoms with Crippen LogP contribution in [0.5, 0.6) is 11.5 Å². The Hall–Kier alpha value is -4.24. The average molecular weight is 592 g/mol. The van der Waals surface area contributed by atoms with Gasteiger partial charge in [-0.2, -0.15) is 5.10 Å². The van der Waals surface area contributed by atoms with E-state index in [1.807, 2.05) is 36.4 Å². The van der Waals surface area contributed by atoms with Gasteiger partial charge in [0.1, 0.15) is 23.2 Å². The van der Waals surface area contributed by atoms with E-state index in [2.05, 4.69) is 52.0 Å². The Morgan fingerprint density at radius 1 is 0.907 bits per heavy atom. The Morgan fingerprint density at radius 3 is 2.19 bits per heavy atom. The number of rotatable bonds is 9. The lowest BCUT2D eigenvalue weighted by molar-refractivity contribution is 0.0342. The van der Waals surface area contributed by atoms with Gasteiger partial charge < -0.3 is 14.2 Å². The molecule has 5 aromatic rings. The lowest BCUT2D eigenvalue weighted by Crippen LogP contribution is -2.35. The minimum absolute atomic E-state index is 0.191. The number of morpholine rings is 1. The zero-order valence-electron chi connectivity index (χ0n) is 24.3. The molecule has 1 fully saturated rings. The van der Waals surface area contributed by atoms with Crippen LogP contribution in [0.1, 0.15) is 43.5 Å². The summed E-state index contributed by atoms with van der Waals surface area (Å²) in [5, 5.41) is 5.33. The summed E-state index contributed by atoms with van der Waals surface area (Å²) < 4.78 is 18.7. The Balaban J connectivity index is 1.38. The summed E-state index contributed by atoms with van der Waals surface area (Å²) in [4.78, 5) is 15.8. The number of aldehydes is 1. The molecule has 1 aliphatic heterocycles. The number of carbonyl (C=O) groups excluding carboxylic acids is 1. The highest BCUT2D eigenvalue weighted by Crippen LogP contribution is 2.46. The van der Waals surface area contributed by atoms with Crippen molar-refractivity contribution < 1.29 is 19.0 Å². The van der Waals surface area contributed by atoms with E-state index in [-0.39, 0.29) is 6.04 Å². The highest BCUT2D eigenvalue weighted by molar-refractivity contribution is 7.17. The largest absolute Gasteiger partial charge is 0.497 e. The van der Waals surface area contributed by atoms with Crippen LogP contribution in [0.3, 0.4) is 0 Å². The highest BCUT2D eigenvalue weighted by Gasteiger charge is 2.33. The Bertz CT molecular complexity index is 1700. The van der Waals surface area contributed by atoms with Crippen molar-refractivity contribution in [1.29, 1.82) is 0 Å². The van der Waals surface area contributed by atoms with Gasteiger partial charge in [0.2, 0.25) is 0 Å². The fourth-order valence-electron chi connectivity index (χ4n) is 6.23. The number of ether oxygens (including phenoxy) is 3. The maximum atomic E-state index is 11.6. The molecule has 7 rings (SSSR count). The van der Waals surface area contributed by atoms with Crippen LogP contribution in [0.25, 0.3) is 21.8 Å². The molecule has 0 bridgehead atoms. The van der Waals surface area contributed by atoms with Gasteiger partial charge >= 0.3 is 0 Å². The quantitative estimate of drug-likeness (QED) is 0.179. The van der Waals surface area contributed by atoms with E-state index in [0.717, 1.165) is 84.4 Å². The monoisotopic (exact) mass is 591 g/mol. The molecule has 7 nitrogen and oxygen atoms in total. The second-order valence-electron chi connectivity index (χ2n) is 10.9. The third-order valence-electron chi connectivity index (χ3n) is 8.39. The van der Waals surface area contributed by atoms with Gasteiger partial charge in [-0.05, 0) is 58.7 Å². The summed E-state index contributed by atoms with van der Waals surface area (Å²) in [5.41, 5.74) is 9.28. The van der Waals surface area contributed by atoms with Gasteiger partial charge in [-0.3, -0.25) is 14.4 Å². The molecule has 43 heavy (non-hydrogen) atoms. The fourth-order valence-corrected chi connectivity index (χ4v) is 7.06. The molecule has 3 aromatic carbocycles. The minimum atomic E-state index is -0.191. The first-order valence-electron chi connectivity index (χ1n) is 14.5. The van der Waals surface area contributed by atoms with Crippen LogP contribution in [-0.4, -0.2) is 61.5 Å². The van der Waals surface area contributed by atoms with Crippen LogP contribution >= 0.6 is 11.3 Å². The Kier molecular flexibility index (Phi) is 7.57. The zero-order valence-corrected chi connectivity index (χ0v) is 25.1. The van der Waals surface area contributed by atoms with Crippen molar-refractivity contribution in [2.45, 2.75) is 19.0 Å². The third-order valence-corrected chi connectivity index (χ3v) is 9.41. The number of benzene rings is 3. The molecular formula is C35H33N3O4S. The van der Waals surface area contributed by atoms with E-state index in [1.54, 1.807) is 14.2 Å². The lowest BCUT2D eigenvalue weighted by atomic mass is 9.97. The molecule has 218 valence electrons. The van der Waals surface area contributed by atoms with Crippen molar-refractivity contribution in [3.05, 3.63) is 112 Å². The average Bonchev–Trinajstić information content (AvgIpc) is 3.77. The molecule has 8 heteroatoms. The van der Waals surface area contributed by atoms with Crippen LogP contribution in [-0.2, 0) is 17.7 Å². The Morgan fingerprint density at radius 2 is 1.58 bits per heavy atom. The number of methoxy groups -OCH3 is 2. The van der Waals surface area contributed by atoms with E-state index in [0.29, 0.717) is 4.88 Å². The summed E-state index contributed by atoms with van der Waals surface area (Å²) in [6.07, 6.45) is 1.71. The normalized spacial score (nSPS) is 14.5. The summed E-state index contributed by atoms with van der Waals surface area (Å²) in [6, 6.07) is 27.0. The number of hydrogen-bond donors (Lipinski definition) is 0. The summed E-state index contributed by atoms with van der Waals surface area (Å²) in [6.45, 7) is 4.41. The van der Waals surface area contributed by atoms with Crippen LogP contribution in [0.2, 0.25) is 0 Å². The molecule has 2 aromatic heterocycles. The molecular weight excluding hydrogens is 558 g/mol. The van der Waals surface area contributed by atoms with Gasteiger partial charge in [0, 0.05) is 37.2 Å². The van der Waals surface area contributed by atoms with Gasteiger partial charge in [0.25, 0.3) is 0 Å². The van der Waals surface area contributed by atoms with Crippen molar-refractivity contribution in [1.82, 2.24) is 14.7 Å². The second-order valence-corrected chi connectivity index (χ2v) is 12.1. The number of nitrogens with zero attached hydrogens (tertiary/aromatic N) is 3. The number of hydrogen-bond acceptors (Lipinski definition) is 7. The first-order valence-corrected chi connectivity index (χ1v) is 15.3. The van der Waals surface area contributed by atoms with Crippen molar-refractivity contribution in [3.63, 3.8) is 0 Å². The van der Waals surface area contributed by atoms with Crippen LogP contribution in [0, 0.1) is 0 Å². The predicted molar refractivity (Wildman–Crippen MR) is 168 cm³/mol. The maximum Gasteiger partial charge on any atom is 0.160 e. The number of carbonyl (C=O) groups is 1. The van der Waals surface area contributed by atoms with Crippen molar-refractivity contribution >= 4 is 17.6 Å². The fraction of sp³-hybridized carbons (Fsp3) is 0.257. The SMILES string of the molecule is COc1ccc(C(c2ccc(OC)cc2)n2nc(-c3ccc(C=O)s3)c3c2-c2ccc(CN4CCOCC4)cc2C3)cc1. The molecule has 0 amide bonds. The van der Waals surface area contributed by atoms with E-state index >= 15 is 0 Å². The van der Waals surface area contributed by atoms with Gasteiger partial charge in [-0.25, -0.2) is 0 Å². The topological polar surface area (TPSA) is 65.8 Å². The molecule has 1 aliphatic carbocycles. The summed E-state index contributed by atoms with van der Waals surface area (Å²) in [7, 11) is 3.36. The smallest absolute Gasteiger partial charge is 0.160 e. The van der Waals surface area contributed by atoms with Gasteiger partial charge in [-0.1, -0.05) is 42.5 Å². The van der Waals surface area contributed by atoms with Crippen molar-refractivity contribution in [2.24, 2.45) is 0 Å². The van der Waals surface area contributed by atoms with Crippen molar-refractivity contribution in [3.8, 4) is 33.3 Å². The minimum Gasteiger partial charge on any atom is -0.497 e. The summed E-state index contributed by atoms with van der Waals surface area (Å²) in [5.74, 6) is 1.61. The van der Waals surface area contributed by atoms with Crippen molar-refractivity contribution in [2.75, 3.05) is 40.5 Å². The lowest BCUT2D eigenvalue weighted by Gasteiger charge is -2.26. The first-order chi connectivity index (χ1) is 21.1. The maximum absolute atomic E-state index is 11.6. The molecule has 0 radical (unpaired) electrons. The van der Waals surface area contributed by atoms with Gasteiger partial charge in [0.15, 0.2) is 6.29 Å². The number of aromatic nitrogens is 2. The summed E-state index contributed by atoms with van der Waals surface area (Å²) >= 11 is 1.49. The first kappa shape index (κ1) is 27.6. The third kappa shape index (κ3) is 5.27. The van der Waals surface area contributed by atoms with Gasteiger partial charge in [0.05, 0.1) is 42.9 Å². The van der Waals surface area contributed by atoms with Crippen LogP contribution in [0.4, 0.5) is 0 Å². The molecule has 0 spiro atoms. The molecule has 3 heterocycles.